The molecule has 39 heteroatoms. The number of thioether (sulfide) groups is 2. The molecule has 4 aliphatic rings. The highest BCUT2D eigenvalue weighted by Gasteiger charge is 2.49. The number of halogens is 7. The van der Waals surface area contributed by atoms with Gasteiger partial charge in [-0.25, -0.2) is 64.8 Å². The number of ether oxygens (including phenoxy) is 2. The molecule has 4 aliphatic heterocycles. The molecule has 0 aliphatic carbocycles. The molecule has 0 unspecified atom stereocenters. The summed E-state index contributed by atoms with van der Waals surface area (Å²) in [6.07, 6.45) is 27.6. The number of oxazole rings is 7. The predicted octanol–water partition coefficient (Wildman–Crippen LogP) is 29.1. The van der Waals surface area contributed by atoms with E-state index in [2.05, 4.69) is 163 Å². The minimum absolute atomic E-state index is 0.0995. The maximum absolute atomic E-state index is 6.64. The highest BCUT2D eigenvalue weighted by molar-refractivity contribution is 9.10. The quantitative estimate of drug-likeness (QED) is 0.0597. The summed E-state index contributed by atoms with van der Waals surface area (Å²) in [6.45, 7) is 35.5. The zero-order valence-corrected chi connectivity index (χ0v) is 91.1. The van der Waals surface area contributed by atoms with Gasteiger partial charge in [0, 0.05) is 88.0 Å². The summed E-state index contributed by atoms with van der Waals surface area (Å²) in [7, 11) is 0. The molecular weight excluding hydrogens is 2090 g/mol. The molecule has 4 saturated heterocycles. The summed E-state index contributed by atoms with van der Waals surface area (Å²) >= 11 is 54.0. The van der Waals surface area contributed by atoms with E-state index in [4.69, 9.17) is 117 Å². The van der Waals surface area contributed by atoms with Crippen LogP contribution in [-0.4, -0.2) is 138 Å². The summed E-state index contributed by atoms with van der Waals surface area (Å²) in [4.78, 5) is 66.7. The summed E-state index contributed by atoms with van der Waals surface area (Å²) in [5.74, 6) is 5.01. The summed E-state index contributed by atoms with van der Waals surface area (Å²) < 4.78 is 49.7. The Labute approximate surface area is 885 Å². The van der Waals surface area contributed by atoms with Crippen molar-refractivity contribution in [3.8, 4) is 68.7 Å². The standard InChI is InChI=1S/2C23H26ClN5O2S.C14H9BrClN3OS.2C14H16ClNOS.C10H8ClNOS.C4H5NO/c2*1-14-12-30-22(28-14)16-4-3-5-17(20(16)24)32-19-11-26-18(10-27-19)29-8-6-23(7-9-29)13-31-15(2)21(23)25;1-8-7-20-14(19-8)9-3-2-4-10(13(9)16)21-12-6-17-11(15)5-18-12;2*1-9-8-17-13(16-9)10-6-5-7-11(12(10)15)18-14(2,3)4;1-6-5-13-10(12-6)7-3-2-4-8(14)9(7)11;1-4-2-6-3-5-4/h2*3-5,10-12,15,21H,6-9,13,25H2,1-2H3;2-7H,1H3;2*5-8H,1-4H3;2-5,14H,1H3;2-3H,1H3/t2*15-,21+;;;;;/m00...../s1. The number of hydrogen-bond acceptors (Lipinski definition) is 32. The van der Waals surface area contributed by atoms with Gasteiger partial charge in [0.05, 0.1) is 166 Å². The number of piperidine rings is 2. The zero-order chi connectivity index (χ0) is 101. The first-order chi connectivity index (χ1) is 67.3. The fourth-order valence-electron chi connectivity index (χ4n) is 15.3. The highest BCUT2D eigenvalue weighted by atomic mass is 79.9. The molecule has 4 N–H and O–H groups in total. The molecular formula is C102H106BrCl6N17O9S6. The average Bonchev–Trinajstić information content (AvgIpc) is 1.64. The topological polar surface area (TPSA) is 337 Å². The van der Waals surface area contributed by atoms with E-state index in [1.807, 2.05) is 170 Å². The minimum atomic E-state index is 0.0995. The van der Waals surface area contributed by atoms with Crippen LogP contribution in [0.1, 0.15) is 121 Å². The number of nitrogens with zero attached hydrogens (tertiary/aromatic N) is 15. The van der Waals surface area contributed by atoms with Gasteiger partial charge >= 0.3 is 0 Å². The molecule has 738 valence electrons. The lowest BCUT2D eigenvalue weighted by atomic mass is 9.73. The Morgan fingerprint density at radius 1 is 0.362 bits per heavy atom. The third-order valence-electron chi connectivity index (χ3n) is 22.6. The maximum atomic E-state index is 6.64. The molecule has 16 aromatic rings. The van der Waals surface area contributed by atoms with Gasteiger partial charge in [-0.3, -0.25) is 0 Å². The molecule has 26 nitrogen and oxygen atoms in total. The van der Waals surface area contributed by atoms with Crippen molar-refractivity contribution in [1.29, 1.82) is 0 Å². The molecule has 0 bridgehead atoms. The maximum Gasteiger partial charge on any atom is 0.227 e. The summed E-state index contributed by atoms with van der Waals surface area (Å²) in [6, 6.07) is 34.9. The lowest BCUT2D eigenvalue weighted by molar-refractivity contribution is 0.0973. The van der Waals surface area contributed by atoms with Crippen LogP contribution >= 0.6 is 157 Å². The van der Waals surface area contributed by atoms with Crippen molar-refractivity contribution in [2.24, 2.45) is 22.3 Å². The van der Waals surface area contributed by atoms with Crippen LogP contribution in [0.25, 0.3) is 68.7 Å². The van der Waals surface area contributed by atoms with Crippen LogP contribution < -0.4 is 21.3 Å². The molecule has 14 heterocycles. The molecule has 4 fully saturated rings. The Kier molecular flexibility index (Phi) is 37.1. The number of benzene rings is 6. The molecule has 0 radical (unpaired) electrons. The number of hydrogen-bond donors (Lipinski definition) is 3. The van der Waals surface area contributed by atoms with Crippen LogP contribution in [0, 0.1) is 59.3 Å². The minimum Gasteiger partial charge on any atom is -0.452 e. The first-order valence-corrected chi connectivity index (χ1v) is 52.5. The van der Waals surface area contributed by atoms with Gasteiger partial charge in [-0.05, 0) is 177 Å². The lowest BCUT2D eigenvalue weighted by Crippen LogP contribution is -2.50. The van der Waals surface area contributed by atoms with E-state index in [1.54, 1.807) is 92.2 Å². The number of aromatic nitrogens is 13. The molecule has 0 saturated carbocycles. The molecule has 10 aromatic heterocycles. The van der Waals surface area contributed by atoms with Crippen LogP contribution in [0.2, 0.25) is 30.1 Å². The van der Waals surface area contributed by atoms with Crippen LogP contribution in [-0.2, 0) is 9.47 Å². The smallest absolute Gasteiger partial charge is 0.227 e. The monoisotopic (exact) mass is 2190 g/mol. The van der Waals surface area contributed by atoms with Gasteiger partial charge in [-0.1, -0.05) is 183 Å². The van der Waals surface area contributed by atoms with E-state index in [9.17, 15) is 0 Å². The average molecular weight is 2200 g/mol. The van der Waals surface area contributed by atoms with Crippen LogP contribution in [0.15, 0.2) is 277 Å². The number of aryl methyl sites for hydroxylation is 7. The van der Waals surface area contributed by atoms with E-state index in [-0.39, 0.29) is 44.6 Å². The highest BCUT2D eigenvalue weighted by Crippen LogP contribution is 2.49. The molecule has 0 amide bonds. The normalized spacial score (nSPS) is 16.3. The van der Waals surface area contributed by atoms with Gasteiger partial charge in [0.15, 0.2) is 6.39 Å². The molecule has 2 spiro atoms. The second-order valence-corrected chi connectivity index (χ2v) is 46.2. The zero-order valence-electron chi connectivity index (χ0n) is 80.0. The molecule has 4 atom stereocenters. The number of thiol groups is 1. The van der Waals surface area contributed by atoms with Gasteiger partial charge in [-0.2, -0.15) is 0 Å². The Hall–Kier alpha value is -9.21. The van der Waals surface area contributed by atoms with E-state index in [0.717, 1.165) is 194 Å². The van der Waals surface area contributed by atoms with Gasteiger partial charge in [0.2, 0.25) is 35.3 Å². The molecule has 6 aromatic carbocycles. The van der Waals surface area contributed by atoms with E-state index in [0.29, 0.717) is 70.1 Å². The Balaban J connectivity index is 0.000000136. The largest absolute Gasteiger partial charge is 0.452 e. The predicted molar refractivity (Wildman–Crippen MR) is 571 cm³/mol. The second-order valence-electron chi connectivity index (χ2n) is 35.7. The molecule has 141 heavy (non-hydrogen) atoms. The fraction of sp³-hybridized carbons (Fsp3) is 0.324. The Morgan fingerprint density at radius 2 is 0.645 bits per heavy atom. The number of nitrogens with two attached hydrogens (primary N) is 2. The van der Waals surface area contributed by atoms with Gasteiger partial charge in [0.25, 0.3) is 0 Å². The van der Waals surface area contributed by atoms with Gasteiger partial charge < -0.3 is 61.7 Å². The SMILES string of the molecule is Cc1coc(-c2cccc(S)c2Cl)n1.Cc1coc(-c2cccc(SC(C)(C)C)c2Cl)n1.Cc1coc(-c2cccc(SC(C)(C)C)c2Cl)n1.Cc1coc(-c2cccc(Sc3cnc(Br)cn3)c2Cl)n1.Cc1coc(-c2cccc(Sc3cnc(N4CCC5(CC4)CO[C@@H](C)[C@H]5N)cn3)c2Cl)n1.Cc1coc(-c2cccc(Sc3cnc(N4CCC5(CC4)CO[C@@H](C)[C@H]5N)cn3)c2Cl)n1.Cc1cocn1. The molecule has 20 rings (SSSR count). The van der Waals surface area contributed by atoms with Gasteiger partial charge in [0.1, 0.15) is 75.2 Å². The lowest BCUT2D eigenvalue weighted by Gasteiger charge is -2.41. The van der Waals surface area contributed by atoms with Crippen molar-refractivity contribution in [2.45, 2.75) is 208 Å². The van der Waals surface area contributed by atoms with Crippen molar-refractivity contribution in [1.82, 2.24) is 64.8 Å². The van der Waals surface area contributed by atoms with Crippen LogP contribution in [0.4, 0.5) is 11.6 Å². The van der Waals surface area contributed by atoms with Crippen LogP contribution in [0.5, 0.6) is 0 Å². The van der Waals surface area contributed by atoms with Crippen molar-refractivity contribution in [2.75, 3.05) is 49.2 Å². The van der Waals surface area contributed by atoms with Gasteiger partial charge in [-0.15, -0.1) is 36.2 Å². The van der Waals surface area contributed by atoms with E-state index >= 15 is 0 Å². The number of rotatable bonds is 16. The second kappa shape index (κ2) is 48.7. The van der Waals surface area contributed by atoms with Crippen molar-refractivity contribution in [3.63, 3.8) is 0 Å². The summed E-state index contributed by atoms with van der Waals surface area (Å²) in [5, 5.41) is 6.09. The van der Waals surface area contributed by atoms with Crippen molar-refractivity contribution >= 4 is 169 Å². The first kappa shape index (κ1) is 108. The fourth-order valence-corrected chi connectivity index (χ4v) is 21.9. The first-order valence-electron chi connectivity index (χ1n) is 44.9. The number of anilines is 2. The van der Waals surface area contributed by atoms with E-state index in [1.165, 1.54) is 41.7 Å². The van der Waals surface area contributed by atoms with Crippen LogP contribution in [0.3, 0.4) is 0 Å². The van der Waals surface area contributed by atoms with Crippen molar-refractivity contribution < 1.29 is 40.4 Å². The third kappa shape index (κ3) is 28.5. The van der Waals surface area contributed by atoms with E-state index < -0.39 is 0 Å². The summed E-state index contributed by atoms with van der Waals surface area (Å²) in [5.41, 5.74) is 23.7. The Bertz CT molecular complexity index is 6550. The third-order valence-corrected chi connectivity index (χ3v) is 31.8. The Morgan fingerprint density at radius 3 is 0.879 bits per heavy atom. The van der Waals surface area contributed by atoms with Crippen molar-refractivity contribution in [3.05, 3.63) is 271 Å².